The smallest absolute Gasteiger partial charge is 0.211 e. The Morgan fingerprint density at radius 1 is 1.05 bits per heavy atom. The summed E-state index contributed by atoms with van der Waals surface area (Å²) in [5.41, 5.74) is 0. The SMILES string of the molecule is Cl.O=S(=O)(CC1CCCCC1)NCC[C@H]1CCCN1. The van der Waals surface area contributed by atoms with Gasteiger partial charge >= 0.3 is 0 Å². The number of halogens is 1. The van der Waals surface area contributed by atoms with Crippen LogP contribution in [0.1, 0.15) is 51.4 Å². The normalized spacial score (nSPS) is 25.2. The first-order chi connectivity index (χ1) is 8.66. The van der Waals surface area contributed by atoms with Crippen molar-refractivity contribution >= 4 is 22.4 Å². The van der Waals surface area contributed by atoms with Crippen LogP contribution in [-0.4, -0.2) is 33.3 Å². The first-order valence-corrected chi connectivity index (χ1v) is 9.02. The van der Waals surface area contributed by atoms with E-state index in [1.165, 1.54) is 32.1 Å². The third-order valence-electron chi connectivity index (χ3n) is 4.16. The highest BCUT2D eigenvalue weighted by molar-refractivity contribution is 7.89. The van der Waals surface area contributed by atoms with E-state index in [1.54, 1.807) is 0 Å². The second-order valence-electron chi connectivity index (χ2n) is 5.76. The molecule has 1 saturated heterocycles. The summed E-state index contributed by atoms with van der Waals surface area (Å²) >= 11 is 0. The van der Waals surface area contributed by atoms with E-state index in [1.807, 2.05) is 0 Å². The van der Waals surface area contributed by atoms with Crippen molar-refractivity contribution < 1.29 is 8.42 Å². The minimum atomic E-state index is -3.05. The number of rotatable bonds is 6. The quantitative estimate of drug-likeness (QED) is 0.789. The van der Waals surface area contributed by atoms with E-state index in [0.717, 1.165) is 25.8 Å². The number of nitrogens with one attached hydrogen (secondary N) is 2. The van der Waals surface area contributed by atoms with Crippen molar-refractivity contribution in [2.24, 2.45) is 5.92 Å². The van der Waals surface area contributed by atoms with Crippen LogP contribution in [0, 0.1) is 5.92 Å². The highest BCUT2D eigenvalue weighted by atomic mass is 35.5. The Morgan fingerprint density at radius 2 is 1.79 bits per heavy atom. The maximum Gasteiger partial charge on any atom is 0.211 e. The zero-order valence-corrected chi connectivity index (χ0v) is 13.2. The van der Waals surface area contributed by atoms with Gasteiger partial charge in [-0.1, -0.05) is 19.3 Å². The van der Waals surface area contributed by atoms with Crippen LogP contribution in [0.4, 0.5) is 0 Å². The van der Waals surface area contributed by atoms with Gasteiger partial charge in [-0.15, -0.1) is 12.4 Å². The Morgan fingerprint density at radius 3 is 2.42 bits per heavy atom. The van der Waals surface area contributed by atoms with Crippen molar-refractivity contribution in [1.29, 1.82) is 0 Å². The summed E-state index contributed by atoms with van der Waals surface area (Å²) in [6.45, 7) is 1.67. The number of hydrogen-bond donors (Lipinski definition) is 2. The predicted molar refractivity (Wildman–Crippen MR) is 81.3 cm³/mol. The van der Waals surface area contributed by atoms with Crippen LogP contribution in [0.2, 0.25) is 0 Å². The highest BCUT2D eigenvalue weighted by Gasteiger charge is 2.21. The van der Waals surface area contributed by atoms with Crippen molar-refractivity contribution in [3.05, 3.63) is 0 Å². The molecule has 0 aromatic heterocycles. The van der Waals surface area contributed by atoms with Crippen molar-refractivity contribution in [3.63, 3.8) is 0 Å². The molecule has 0 aromatic carbocycles. The van der Waals surface area contributed by atoms with Gasteiger partial charge in [-0.25, -0.2) is 13.1 Å². The van der Waals surface area contributed by atoms with E-state index < -0.39 is 10.0 Å². The van der Waals surface area contributed by atoms with E-state index in [4.69, 9.17) is 0 Å². The molecule has 1 atom stereocenters. The van der Waals surface area contributed by atoms with Crippen molar-refractivity contribution in [2.45, 2.75) is 57.4 Å². The zero-order chi connectivity index (χ0) is 12.8. The zero-order valence-electron chi connectivity index (χ0n) is 11.6. The Kier molecular flexibility index (Phi) is 7.65. The van der Waals surface area contributed by atoms with E-state index in [9.17, 15) is 8.42 Å². The molecule has 1 aliphatic heterocycles. The van der Waals surface area contributed by atoms with Gasteiger partial charge in [0.2, 0.25) is 10.0 Å². The molecule has 1 heterocycles. The fourth-order valence-corrected chi connectivity index (χ4v) is 4.62. The summed E-state index contributed by atoms with van der Waals surface area (Å²) in [4.78, 5) is 0. The lowest BCUT2D eigenvalue weighted by atomic mass is 9.91. The second kappa shape index (κ2) is 8.45. The van der Waals surface area contributed by atoms with Crippen LogP contribution < -0.4 is 10.0 Å². The predicted octanol–water partition coefficient (Wildman–Crippen LogP) is 2.05. The molecule has 0 spiro atoms. The molecule has 4 nitrogen and oxygen atoms in total. The summed E-state index contributed by atoms with van der Waals surface area (Å²) in [6, 6.07) is 0.516. The largest absolute Gasteiger partial charge is 0.314 e. The highest BCUT2D eigenvalue weighted by Crippen LogP contribution is 2.24. The lowest BCUT2D eigenvalue weighted by Crippen LogP contribution is -2.34. The van der Waals surface area contributed by atoms with Crippen LogP contribution in [0.5, 0.6) is 0 Å². The number of sulfonamides is 1. The van der Waals surface area contributed by atoms with Crippen molar-refractivity contribution in [2.75, 3.05) is 18.8 Å². The summed E-state index contributed by atoms with van der Waals surface area (Å²) in [5.74, 6) is 0.728. The molecule has 0 unspecified atom stereocenters. The molecule has 19 heavy (non-hydrogen) atoms. The van der Waals surface area contributed by atoms with Gasteiger partial charge in [0.1, 0.15) is 0 Å². The van der Waals surface area contributed by atoms with Gasteiger partial charge in [-0.05, 0) is 44.6 Å². The van der Waals surface area contributed by atoms with Crippen molar-refractivity contribution in [3.8, 4) is 0 Å². The first-order valence-electron chi connectivity index (χ1n) is 7.36. The average Bonchev–Trinajstić information content (AvgIpc) is 2.82. The molecule has 1 aliphatic carbocycles. The first kappa shape index (κ1) is 17.2. The third kappa shape index (κ3) is 6.43. The van der Waals surface area contributed by atoms with Gasteiger partial charge in [-0.2, -0.15) is 0 Å². The Labute approximate surface area is 123 Å². The molecule has 1 saturated carbocycles. The lowest BCUT2D eigenvalue weighted by molar-refractivity contribution is 0.383. The van der Waals surface area contributed by atoms with Gasteiger partial charge < -0.3 is 5.32 Å². The molecule has 2 rings (SSSR count). The van der Waals surface area contributed by atoms with Gasteiger partial charge in [-0.3, -0.25) is 0 Å². The van der Waals surface area contributed by atoms with Crippen LogP contribution in [-0.2, 0) is 10.0 Å². The van der Waals surface area contributed by atoms with Crippen LogP contribution in [0.25, 0.3) is 0 Å². The topological polar surface area (TPSA) is 58.2 Å². The van der Waals surface area contributed by atoms with Gasteiger partial charge in [0, 0.05) is 12.6 Å². The van der Waals surface area contributed by atoms with Gasteiger partial charge in [0.15, 0.2) is 0 Å². The van der Waals surface area contributed by atoms with E-state index >= 15 is 0 Å². The maximum absolute atomic E-state index is 11.9. The van der Waals surface area contributed by atoms with Crippen LogP contribution >= 0.6 is 12.4 Å². The molecular weight excluding hydrogens is 284 g/mol. The van der Waals surface area contributed by atoms with Crippen LogP contribution in [0.15, 0.2) is 0 Å². The molecule has 0 aromatic rings. The molecule has 2 fully saturated rings. The molecule has 2 N–H and O–H groups in total. The summed E-state index contributed by atoms with van der Waals surface area (Å²) in [5, 5.41) is 3.39. The Bertz CT molecular complexity index is 337. The summed E-state index contributed by atoms with van der Waals surface area (Å²) < 4.78 is 26.6. The maximum atomic E-state index is 11.9. The van der Waals surface area contributed by atoms with Gasteiger partial charge in [0.25, 0.3) is 0 Å². The third-order valence-corrected chi connectivity index (χ3v) is 5.71. The molecule has 0 radical (unpaired) electrons. The van der Waals surface area contributed by atoms with E-state index in [-0.39, 0.29) is 12.4 Å². The summed E-state index contributed by atoms with van der Waals surface area (Å²) in [6.07, 6.45) is 9.18. The summed E-state index contributed by atoms with van der Waals surface area (Å²) in [7, 11) is -3.05. The lowest BCUT2D eigenvalue weighted by Gasteiger charge is -2.21. The molecule has 2 aliphatic rings. The molecule has 114 valence electrons. The minimum absolute atomic E-state index is 0. The fraction of sp³-hybridized carbons (Fsp3) is 1.00. The average molecular weight is 311 g/mol. The van der Waals surface area contributed by atoms with Gasteiger partial charge in [0.05, 0.1) is 5.75 Å². The van der Waals surface area contributed by atoms with E-state index in [0.29, 0.717) is 24.3 Å². The fourth-order valence-electron chi connectivity index (χ4n) is 3.11. The molecule has 6 heteroatoms. The number of hydrogen-bond acceptors (Lipinski definition) is 3. The Hall–Kier alpha value is 0.160. The molecular formula is C13H27ClN2O2S. The second-order valence-corrected chi connectivity index (χ2v) is 7.61. The standard InChI is InChI=1S/C13H26N2O2S.ClH/c16-18(17,11-12-5-2-1-3-6-12)15-10-8-13-7-4-9-14-13;/h12-15H,1-11H2;1H/t13-;/m1./s1. The monoisotopic (exact) mass is 310 g/mol. The van der Waals surface area contributed by atoms with Crippen molar-refractivity contribution in [1.82, 2.24) is 10.0 Å². The molecule has 0 amide bonds. The molecule has 0 bridgehead atoms. The minimum Gasteiger partial charge on any atom is -0.314 e. The van der Waals surface area contributed by atoms with Crippen LogP contribution in [0.3, 0.4) is 0 Å². The Balaban J connectivity index is 0.00000180. The van der Waals surface area contributed by atoms with E-state index in [2.05, 4.69) is 10.0 Å².